The van der Waals surface area contributed by atoms with Crippen molar-refractivity contribution in [2.24, 2.45) is 0 Å². The molecule has 0 unspecified atom stereocenters. The number of rotatable bonds is 2. The Hall–Kier alpha value is -0.636. The predicted molar refractivity (Wildman–Crippen MR) is 76.4 cm³/mol. The summed E-state index contributed by atoms with van der Waals surface area (Å²) in [5.74, 6) is 0. The van der Waals surface area contributed by atoms with Gasteiger partial charge in [0.15, 0.2) is 0 Å². The van der Waals surface area contributed by atoms with Gasteiger partial charge in [-0.2, -0.15) is 0 Å². The van der Waals surface area contributed by atoms with Gasteiger partial charge in [-0.05, 0) is 10.6 Å². The van der Waals surface area contributed by atoms with E-state index in [0.717, 1.165) is 8.58 Å². The van der Waals surface area contributed by atoms with Crippen molar-refractivity contribution in [3.8, 4) is 0 Å². The third kappa shape index (κ3) is 7.32. The van der Waals surface area contributed by atoms with Crippen molar-refractivity contribution >= 4 is 19.2 Å². The minimum absolute atomic E-state index is 0. The average Bonchev–Trinajstić information content (AvgIpc) is 2.33. The van der Waals surface area contributed by atoms with Crippen molar-refractivity contribution in [3.05, 3.63) is 60.7 Å². The summed E-state index contributed by atoms with van der Waals surface area (Å²) in [6, 6.07) is 21.2. The monoisotopic (exact) mass is 288 g/mol. The molecular formula is C15H19NiP+2. The smallest absolute Gasteiger partial charge is 0.0656 e. The first-order valence-corrected chi connectivity index (χ1v) is 6.74. The molecule has 0 heterocycles. The molecule has 2 rings (SSSR count). The van der Waals surface area contributed by atoms with E-state index in [2.05, 4.69) is 74.5 Å². The largest absolute Gasteiger partial charge is 2.00 e. The van der Waals surface area contributed by atoms with Gasteiger partial charge in [0.1, 0.15) is 0 Å². The molecule has 0 aliphatic rings. The molecule has 0 N–H and O–H groups in total. The van der Waals surface area contributed by atoms with E-state index >= 15 is 0 Å². The topological polar surface area (TPSA) is 0 Å². The van der Waals surface area contributed by atoms with Crippen molar-refractivity contribution in [2.75, 3.05) is 0 Å². The van der Waals surface area contributed by atoms with Crippen molar-refractivity contribution in [2.45, 2.75) is 20.3 Å². The second-order valence-corrected chi connectivity index (χ2v) is 4.97. The zero-order chi connectivity index (χ0) is 11.6. The van der Waals surface area contributed by atoms with E-state index in [1.165, 1.54) is 17.0 Å². The van der Waals surface area contributed by atoms with Gasteiger partial charge >= 0.3 is 16.5 Å². The number of hydrogen-bond acceptors (Lipinski definition) is 0. The predicted octanol–water partition coefficient (Wildman–Crippen LogP) is 3.73. The van der Waals surface area contributed by atoms with Crippen molar-refractivity contribution in [3.63, 3.8) is 0 Å². The summed E-state index contributed by atoms with van der Waals surface area (Å²) >= 11 is 0. The second kappa shape index (κ2) is 10.5. The van der Waals surface area contributed by atoms with Crippen LogP contribution in [0, 0.1) is 0 Å². The Morgan fingerprint density at radius 2 is 1.00 bits per heavy atom. The zero-order valence-corrected chi connectivity index (χ0v) is 12.3. The van der Waals surface area contributed by atoms with Crippen LogP contribution in [0.25, 0.3) is 0 Å². The summed E-state index contributed by atoms with van der Waals surface area (Å²) in [5.41, 5.74) is 0. The maximum Gasteiger partial charge on any atom is 2.00 e. The molecule has 0 nitrogen and oxygen atoms in total. The van der Waals surface area contributed by atoms with E-state index in [-0.39, 0.29) is 16.5 Å². The molecule has 2 aromatic carbocycles. The second-order valence-electron chi connectivity index (χ2n) is 3.56. The molecule has 0 saturated heterocycles. The van der Waals surface area contributed by atoms with Crippen LogP contribution in [0.1, 0.15) is 20.3 Å². The molecule has 0 atom stereocenters. The van der Waals surface area contributed by atoms with Gasteiger partial charge in [0.05, 0.1) is 0 Å². The maximum atomic E-state index is 2.17. The summed E-state index contributed by atoms with van der Waals surface area (Å²) in [4.78, 5) is 0. The summed E-state index contributed by atoms with van der Waals surface area (Å²) in [5, 5.41) is 2.79. The van der Waals surface area contributed by atoms with E-state index in [1.807, 2.05) is 0 Å². The van der Waals surface area contributed by atoms with Crippen LogP contribution in [-0.4, -0.2) is 0 Å². The van der Waals surface area contributed by atoms with Crippen LogP contribution in [0.15, 0.2) is 60.7 Å². The van der Waals surface area contributed by atoms with E-state index in [0.29, 0.717) is 0 Å². The molecule has 0 radical (unpaired) electrons. The maximum absolute atomic E-state index is 2.17. The van der Waals surface area contributed by atoms with Gasteiger partial charge in [-0.1, -0.05) is 89.5 Å². The number of benzene rings is 2. The van der Waals surface area contributed by atoms with Crippen LogP contribution in [0.5, 0.6) is 0 Å². The zero-order valence-electron chi connectivity index (χ0n) is 10.3. The summed E-state index contributed by atoms with van der Waals surface area (Å²) < 4.78 is 0. The molecule has 0 bridgehead atoms. The third-order valence-corrected chi connectivity index (χ3v) is 3.08. The standard InChI is InChI=1S/C12H11P.C3H8.Ni/c1-3-7-11(8-4-1)13-12-9-5-2-6-10-12;1-3-2;/h1-10,13H;3H2,1-2H3;/q;;+2. The Morgan fingerprint density at radius 1 is 0.706 bits per heavy atom. The fraction of sp³-hybridized carbons (Fsp3) is 0.200. The van der Waals surface area contributed by atoms with Gasteiger partial charge in [0.25, 0.3) is 0 Å². The normalized spacial score (nSPS) is 8.59. The molecule has 0 amide bonds. The van der Waals surface area contributed by atoms with Crippen LogP contribution >= 0.6 is 8.58 Å². The summed E-state index contributed by atoms with van der Waals surface area (Å²) in [7, 11) is 0.777. The molecule has 0 saturated carbocycles. The van der Waals surface area contributed by atoms with Crippen LogP contribution in [-0.2, 0) is 16.5 Å². The van der Waals surface area contributed by atoms with E-state index < -0.39 is 0 Å². The fourth-order valence-corrected chi connectivity index (χ4v) is 2.26. The molecule has 92 valence electrons. The van der Waals surface area contributed by atoms with Gasteiger partial charge in [0, 0.05) is 0 Å². The van der Waals surface area contributed by atoms with Crippen molar-refractivity contribution < 1.29 is 16.5 Å². The molecular weight excluding hydrogens is 270 g/mol. The first-order valence-electron chi connectivity index (χ1n) is 5.74. The fourth-order valence-electron chi connectivity index (χ4n) is 1.21. The van der Waals surface area contributed by atoms with Crippen LogP contribution in [0.3, 0.4) is 0 Å². The Labute approximate surface area is 117 Å². The molecule has 2 aromatic rings. The van der Waals surface area contributed by atoms with Gasteiger partial charge in [0.2, 0.25) is 0 Å². The van der Waals surface area contributed by atoms with Crippen LogP contribution in [0.4, 0.5) is 0 Å². The van der Waals surface area contributed by atoms with Gasteiger partial charge in [-0.3, -0.25) is 0 Å². The first-order chi connectivity index (χ1) is 7.86. The summed E-state index contributed by atoms with van der Waals surface area (Å²) in [6.07, 6.45) is 1.25. The minimum Gasteiger partial charge on any atom is -0.0656 e. The van der Waals surface area contributed by atoms with Gasteiger partial charge in [-0.25, -0.2) is 0 Å². The first kappa shape index (κ1) is 16.4. The summed E-state index contributed by atoms with van der Waals surface area (Å²) in [6.45, 7) is 4.25. The molecule has 0 aromatic heterocycles. The Balaban J connectivity index is 0.000000583. The SMILES string of the molecule is CCC.[Ni+2].c1ccc(Pc2ccccc2)cc1. The quantitative estimate of drug-likeness (QED) is 0.583. The molecule has 2 heteroatoms. The van der Waals surface area contributed by atoms with E-state index in [9.17, 15) is 0 Å². The Morgan fingerprint density at radius 3 is 1.29 bits per heavy atom. The average molecular weight is 289 g/mol. The molecule has 17 heavy (non-hydrogen) atoms. The molecule has 0 spiro atoms. The van der Waals surface area contributed by atoms with Gasteiger partial charge < -0.3 is 0 Å². The van der Waals surface area contributed by atoms with E-state index in [1.54, 1.807) is 0 Å². The molecule has 0 aliphatic heterocycles. The van der Waals surface area contributed by atoms with Crippen molar-refractivity contribution in [1.82, 2.24) is 0 Å². The van der Waals surface area contributed by atoms with E-state index in [4.69, 9.17) is 0 Å². The van der Waals surface area contributed by atoms with Crippen LogP contribution in [0.2, 0.25) is 0 Å². The Kier molecular flexibility index (Phi) is 10.1. The minimum atomic E-state index is 0. The Bertz CT molecular complexity index is 335. The third-order valence-electron chi connectivity index (χ3n) is 1.84. The van der Waals surface area contributed by atoms with Crippen LogP contribution < -0.4 is 10.6 Å². The number of hydrogen-bond donors (Lipinski definition) is 0. The molecule has 0 fully saturated rings. The van der Waals surface area contributed by atoms with Crippen molar-refractivity contribution in [1.29, 1.82) is 0 Å². The molecule has 0 aliphatic carbocycles. The van der Waals surface area contributed by atoms with Gasteiger partial charge in [-0.15, -0.1) is 0 Å².